The molecule has 0 aromatic rings. The van der Waals surface area contributed by atoms with E-state index in [1.165, 1.54) is 20.0 Å². The monoisotopic (exact) mass is 410 g/mol. The molecule has 4 atom stereocenters. The summed E-state index contributed by atoms with van der Waals surface area (Å²) in [7, 11) is 1.43. The standard InChI is InChI=1S/C24H42O5/c1-4-5-10-14-24(28-16-17-29-24)15-13-21-20(19(2)18-22(21)25)11-8-6-7-9-12-23(26)27-3/h6,8,19-22,25H,4-5,7,9-18H2,1-3H3/b8-6-/t19-,20-,21+,22+/m0/s1. The lowest BCUT2D eigenvalue weighted by atomic mass is 9.82. The van der Waals surface area contributed by atoms with Crippen LogP contribution in [0.15, 0.2) is 12.2 Å². The highest BCUT2D eigenvalue weighted by Crippen LogP contribution is 2.44. The molecule has 2 rings (SSSR count). The number of hydrogen-bond donors (Lipinski definition) is 1. The third-order valence-corrected chi connectivity index (χ3v) is 6.78. The predicted octanol–water partition coefficient (Wildman–Crippen LogP) is 5.01. The molecule has 1 N–H and O–H groups in total. The van der Waals surface area contributed by atoms with Crippen molar-refractivity contribution in [2.24, 2.45) is 17.8 Å². The molecule has 29 heavy (non-hydrogen) atoms. The summed E-state index contributed by atoms with van der Waals surface area (Å²) in [6.07, 6.45) is 14.6. The van der Waals surface area contributed by atoms with Crippen molar-refractivity contribution < 1.29 is 24.1 Å². The van der Waals surface area contributed by atoms with Crippen LogP contribution in [0.4, 0.5) is 0 Å². The van der Waals surface area contributed by atoms with Gasteiger partial charge in [-0.15, -0.1) is 0 Å². The first-order chi connectivity index (χ1) is 14.0. The van der Waals surface area contributed by atoms with Gasteiger partial charge in [0, 0.05) is 19.3 Å². The number of hydrogen-bond acceptors (Lipinski definition) is 5. The largest absolute Gasteiger partial charge is 0.469 e. The molecule has 1 aliphatic carbocycles. The molecule has 0 bridgehead atoms. The second-order valence-corrected chi connectivity index (χ2v) is 8.89. The molecular weight excluding hydrogens is 368 g/mol. The molecule has 0 unspecified atom stereocenters. The fraction of sp³-hybridized carbons (Fsp3) is 0.875. The van der Waals surface area contributed by atoms with Crippen LogP contribution in [0, 0.1) is 17.8 Å². The molecule has 1 heterocycles. The van der Waals surface area contributed by atoms with Crippen molar-refractivity contribution >= 4 is 5.97 Å². The van der Waals surface area contributed by atoms with Crippen LogP contribution in [0.3, 0.4) is 0 Å². The van der Waals surface area contributed by atoms with Crippen molar-refractivity contribution in [2.75, 3.05) is 20.3 Å². The number of unbranched alkanes of at least 4 members (excludes halogenated alkanes) is 3. The third-order valence-electron chi connectivity index (χ3n) is 6.78. The van der Waals surface area contributed by atoms with Crippen LogP contribution in [-0.2, 0) is 19.0 Å². The van der Waals surface area contributed by atoms with Gasteiger partial charge in [-0.05, 0) is 56.3 Å². The molecule has 1 saturated heterocycles. The number of carbonyl (C=O) groups is 1. The smallest absolute Gasteiger partial charge is 0.305 e. The van der Waals surface area contributed by atoms with Gasteiger partial charge in [-0.1, -0.05) is 38.8 Å². The molecule has 0 aromatic heterocycles. The second-order valence-electron chi connectivity index (χ2n) is 8.89. The molecule has 1 saturated carbocycles. The van der Waals surface area contributed by atoms with E-state index in [0.717, 1.165) is 51.4 Å². The zero-order valence-electron chi connectivity index (χ0n) is 18.7. The SMILES string of the molecule is CCCCCC1(CC[C@@H]2[C@@H](C/C=C\CCCC(=O)OC)[C@@H](C)C[C@H]2O)OCCO1. The van der Waals surface area contributed by atoms with Crippen molar-refractivity contribution in [2.45, 2.75) is 96.4 Å². The minimum atomic E-state index is -0.422. The molecule has 2 aliphatic rings. The molecular formula is C24H42O5. The first-order valence-electron chi connectivity index (χ1n) is 11.7. The Hall–Kier alpha value is -0.910. The van der Waals surface area contributed by atoms with Crippen LogP contribution in [0.25, 0.3) is 0 Å². The minimum absolute atomic E-state index is 0.143. The van der Waals surface area contributed by atoms with Crippen molar-refractivity contribution in [1.82, 2.24) is 0 Å². The fourth-order valence-corrected chi connectivity index (χ4v) is 5.03. The molecule has 0 amide bonds. The van der Waals surface area contributed by atoms with E-state index in [1.54, 1.807) is 0 Å². The maximum Gasteiger partial charge on any atom is 0.305 e. The fourth-order valence-electron chi connectivity index (χ4n) is 5.03. The number of allylic oxidation sites excluding steroid dienone is 2. The Kier molecular flexibility index (Phi) is 10.7. The number of carbonyl (C=O) groups excluding carboxylic acids is 1. The lowest BCUT2D eigenvalue weighted by Crippen LogP contribution is -2.32. The van der Waals surface area contributed by atoms with E-state index >= 15 is 0 Å². The zero-order chi connectivity index (χ0) is 21.1. The van der Waals surface area contributed by atoms with Crippen LogP contribution in [0.1, 0.15) is 84.5 Å². The van der Waals surface area contributed by atoms with E-state index in [0.29, 0.717) is 37.4 Å². The maximum absolute atomic E-state index is 11.2. The van der Waals surface area contributed by atoms with E-state index in [4.69, 9.17) is 9.47 Å². The molecule has 1 aliphatic heterocycles. The van der Waals surface area contributed by atoms with Crippen LogP contribution in [0.5, 0.6) is 0 Å². The van der Waals surface area contributed by atoms with Gasteiger partial charge in [0.25, 0.3) is 0 Å². The predicted molar refractivity (Wildman–Crippen MR) is 114 cm³/mol. The van der Waals surface area contributed by atoms with Gasteiger partial charge in [0.2, 0.25) is 0 Å². The van der Waals surface area contributed by atoms with Gasteiger partial charge < -0.3 is 19.3 Å². The van der Waals surface area contributed by atoms with E-state index in [2.05, 4.69) is 30.7 Å². The van der Waals surface area contributed by atoms with Gasteiger partial charge in [0.15, 0.2) is 5.79 Å². The zero-order valence-corrected chi connectivity index (χ0v) is 18.7. The third kappa shape index (κ3) is 7.69. The first-order valence-corrected chi connectivity index (χ1v) is 11.7. The van der Waals surface area contributed by atoms with E-state index < -0.39 is 5.79 Å². The molecule has 5 heteroatoms. The molecule has 0 radical (unpaired) electrons. The minimum Gasteiger partial charge on any atom is -0.469 e. The number of aliphatic hydroxyl groups excluding tert-OH is 1. The first kappa shape index (κ1) is 24.4. The van der Waals surface area contributed by atoms with Crippen LogP contribution >= 0.6 is 0 Å². The Morgan fingerprint density at radius 2 is 1.90 bits per heavy atom. The molecule has 168 valence electrons. The number of methoxy groups -OCH3 is 1. The molecule has 0 aromatic carbocycles. The molecule has 2 fully saturated rings. The maximum atomic E-state index is 11.2. The molecule has 5 nitrogen and oxygen atoms in total. The Morgan fingerprint density at radius 3 is 2.59 bits per heavy atom. The number of esters is 1. The van der Waals surface area contributed by atoms with Crippen molar-refractivity contribution in [3.63, 3.8) is 0 Å². The summed E-state index contributed by atoms with van der Waals surface area (Å²) in [4.78, 5) is 11.2. The topological polar surface area (TPSA) is 65.0 Å². The van der Waals surface area contributed by atoms with Crippen LogP contribution in [0.2, 0.25) is 0 Å². The number of aliphatic hydroxyl groups is 1. The Morgan fingerprint density at radius 1 is 1.14 bits per heavy atom. The Balaban J connectivity index is 1.82. The lowest BCUT2D eigenvalue weighted by molar-refractivity contribution is -0.171. The average Bonchev–Trinajstić information content (AvgIpc) is 3.27. The quantitative estimate of drug-likeness (QED) is 0.263. The summed E-state index contributed by atoms with van der Waals surface area (Å²) in [6.45, 7) is 5.85. The van der Waals surface area contributed by atoms with Crippen molar-refractivity contribution in [3.8, 4) is 0 Å². The Labute approximate surface area is 177 Å². The summed E-state index contributed by atoms with van der Waals surface area (Å²) >= 11 is 0. The van der Waals surface area contributed by atoms with Crippen molar-refractivity contribution in [1.29, 1.82) is 0 Å². The van der Waals surface area contributed by atoms with Gasteiger partial charge in [-0.25, -0.2) is 0 Å². The number of ether oxygens (including phenoxy) is 3. The van der Waals surface area contributed by atoms with Gasteiger partial charge in [0.05, 0.1) is 26.4 Å². The van der Waals surface area contributed by atoms with E-state index in [-0.39, 0.29) is 12.1 Å². The molecule has 0 spiro atoms. The van der Waals surface area contributed by atoms with Crippen LogP contribution < -0.4 is 0 Å². The normalized spacial score (nSPS) is 29.0. The van der Waals surface area contributed by atoms with Crippen molar-refractivity contribution in [3.05, 3.63) is 12.2 Å². The average molecular weight is 411 g/mol. The summed E-state index contributed by atoms with van der Waals surface area (Å²) in [5.74, 6) is 0.762. The lowest BCUT2D eigenvalue weighted by Gasteiger charge is -2.31. The highest BCUT2D eigenvalue weighted by molar-refractivity contribution is 5.69. The number of rotatable bonds is 13. The second kappa shape index (κ2) is 12.7. The summed E-state index contributed by atoms with van der Waals surface area (Å²) in [5, 5.41) is 10.7. The Bertz CT molecular complexity index is 497. The highest BCUT2D eigenvalue weighted by Gasteiger charge is 2.42. The van der Waals surface area contributed by atoms with Gasteiger partial charge in [-0.2, -0.15) is 0 Å². The summed E-state index contributed by atoms with van der Waals surface area (Å²) in [5.41, 5.74) is 0. The summed E-state index contributed by atoms with van der Waals surface area (Å²) < 4.78 is 16.8. The van der Waals surface area contributed by atoms with Gasteiger partial charge >= 0.3 is 5.97 Å². The van der Waals surface area contributed by atoms with Crippen LogP contribution in [-0.4, -0.2) is 43.3 Å². The van der Waals surface area contributed by atoms with Gasteiger partial charge in [0.1, 0.15) is 0 Å². The van der Waals surface area contributed by atoms with Gasteiger partial charge in [-0.3, -0.25) is 4.79 Å². The highest BCUT2D eigenvalue weighted by atomic mass is 16.7. The van der Waals surface area contributed by atoms with E-state index in [9.17, 15) is 9.90 Å². The van der Waals surface area contributed by atoms with E-state index in [1.807, 2.05) is 0 Å². The summed E-state index contributed by atoms with van der Waals surface area (Å²) in [6, 6.07) is 0.